The van der Waals surface area contributed by atoms with E-state index in [1.807, 2.05) is 30.5 Å². The predicted octanol–water partition coefficient (Wildman–Crippen LogP) is 7.08. The summed E-state index contributed by atoms with van der Waals surface area (Å²) < 4.78 is 0. The average Bonchev–Trinajstić information content (AvgIpc) is 2.78. The molecule has 0 fully saturated rings. The van der Waals surface area contributed by atoms with Crippen LogP contribution in [0.15, 0.2) is 114 Å². The van der Waals surface area contributed by atoms with Gasteiger partial charge >= 0.3 is 0 Å². The fourth-order valence-electron chi connectivity index (χ4n) is 3.27. The van der Waals surface area contributed by atoms with Gasteiger partial charge in [0.2, 0.25) is 0 Å². The molecule has 4 aromatic rings. The number of anilines is 3. The van der Waals surface area contributed by atoms with Gasteiger partial charge in [0, 0.05) is 23.3 Å². The lowest BCUT2D eigenvalue weighted by Crippen LogP contribution is -2.09. The summed E-state index contributed by atoms with van der Waals surface area (Å²) in [5.41, 5.74) is 6.98. The molecule has 4 rings (SSSR count). The van der Waals surface area contributed by atoms with E-state index in [0.29, 0.717) is 6.54 Å². The minimum Gasteiger partial charge on any atom is -0.311 e. The van der Waals surface area contributed by atoms with Gasteiger partial charge in [-0.3, -0.25) is 4.99 Å². The highest BCUT2D eigenvalue weighted by Gasteiger charge is 2.11. The Balaban J connectivity index is 1.58. The maximum Gasteiger partial charge on any atom is 0.0639 e. The van der Waals surface area contributed by atoms with Crippen LogP contribution in [0, 0.1) is 6.92 Å². The van der Waals surface area contributed by atoms with Crippen LogP contribution < -0.4 is 4.90 Å². The van der Waals surface area contributed by atoms with E-state index in [1.54, 1.807) is 0 Å². The zero-order valence-corrected chi connectivity index (χ0v) is 16.6. The van der Waals surface area contributed by atoms with Crippen molar-refractivity contribution < 1.29 is 0 Å². The minimum absolute atomic E-state index is 0.697. The Labute approximate surface area is 172 Å². The summed E-state index contributed by atoms with van der Waals surface area (Å²) in [6, 6.07) is 37.9. The summed E-state index contributed by atoms with van der Waals surface area (Å²) in [6.45, 7) is 2.81. The standard InChI is InChI=1S/C27H24N2/c1-22-12-16-26(17-13-22)29(25-10-6-3-7-11-25)27-18-14-24(15-19-27)21-28-20-23-8-4-2-5-9-23/h2-19,21H,20H2,1H3. The number of rotatable bonds is 6. The number of nitrogens with zero attached hydrogens (tertiary/aromatic N) is 2. The second-order valence-electron chi connectivity index (χ2n) is 7.05. The molecule has 142 valence electrons. The molecule has 2 nitrogen and oxygen atoms in total. The molecule has 0 aliphatic carbocycles. The van der Waals surface area contributed by atoms with Gasteiger partial charge in [0.05, 0.1) is 6.54 Å². The van der Waals surface area contributed by atoms with Crippen LogP contribution >= 0.6 is 0 Å². The van der Waals surface area contributed by atoms with Crippen molar-refractivity contribution in [3.63, 3.8) is 0 Å². The van der Waals surface area contributed by atoms with Crippen LogP contribution in [0.4, 0.5) is 17.1 Å². The molecular weight excluding hydrogens is 352 g/mol. The summed E-state index contributed by atoms with van der Waals surface area (Å²) in [7, 11) is 0. The molecule has 0 aliphatic heterocycles. The average molecular weight is 377 g/mol. The number of aryl methyl sites for hydroxylation is 1. The minimum atomic E-state index is 0.697. The van der Waals surface area contributed by atoms with Crippen LogP contribution in [-0.2, 0) is 6.54 Å². The molecule has 0 atom stereocenters. The number of aliphatic imine (C=N–C) groups is 1. The molecule has 0 bridgehead atoms. The highest BCUT2D eigenvalue weighted by molar-refractivity contribution is 5.82. The van der Waals surface area contributed by atoms with E-state index in [4.69, 9.17) is 0 Å². The molecule has 0 heterocycles. The van der Waals surface area contributed by atoms with E-state index >= 15 is 0 Å². The monoisotopic (exact) mass is 376 g/mol. The van der Waals surface area contributed by atoms with Gasteiger partial charge in [-0.05, 0) is 54.4 Å². The summed E-state index contributed by atoms with van der Waals surface area (Å²) >= 11 is 0. The molecule has 0 spiro atoms. The third kappa shape index (κ3) is 4.80. The molecule has 4 aromatic carbocycles. The normalized spacial score (nSPS) is 10.9. The van der Waals surface area contributed by atoms with Crippen molar-refractivity contribution in [3.05, 3.63) is 126 Å². The van der Waals surface area contributed by atoms with Crippen molar-refractivity contribution in [1.29, 1.82) is 0 Å². The van der Waals surface area contributed by atoms with Crippen LogP contribution in [0.2, 0.25) is 0 Å². The number of hydrogen-bond donors (Lipinski definition) is 0. The quantitative estimate of drug-likeness (QED) is 0.328. The first-order chi connectivity index (χ1) is 14.3. The van der Waals surface area contributed by atoms with Crippen molar-refractivity contribution in [2.75, 3.05) is 4.90 Å². The summed E-state index contributed by atoms with van der Waals surface area (Å²) in [6.07, 6.45) is 1.94. The van der Waals surface area contributed by atoms with Crippen molar-refractivity contribution >= 4 is 23.3 Å². The van der Waals surface area contributed by atoms with Gasteiger partial charge in [0.15, 0.2) is 0 Å². The maximum absolute atomic E-state index is 4.57. The highest BCUT2D eigenvalue weighted by atomic mass is 15.1. The Hall–Kier alpha value is -3.65. The van der Waals surface area contributed by atoms with Gasteiger partial charge < -0.3 is 4.90 Å². The highest BCUT2D eigenvalue weighted by Crippen LogP contribution is 2.34. The third-order valence-electron chi connectivity index (χ3n) is 4.81. The zero-order valence-electron chi connectivity index (χ0n) is 16.6. The molecule has 29 heavy (non-hydrogen) atoms. The SMILES string of the molecule is Cc1ccc(N(c2ccccc2)c2ccc(C=NCc3ccccc3)cc2)cc1. The van der Waals surface area contributed by atoms with Gasteiger partial charge in [-0.1, -0.05) is 78.4 Å². The smallest absolute Gasteiger partial charge is 0.0639 e. The topological polar surface area (TPSA) is 15.6 Å². The van der Waals surface area contributed by atoms with Crippen LogP contribution in [-0.4, -0.2) is 6.21 Å². The number of hydrogen-bond acceptors (Lipinski definition) is 2. The summed E-state index contributed by atoms with van der Waals surface area (Å²) in [4.78, 5) is 6.84. The number of benzene rings is 4. The maximum atomic E-state index is 4.57. The van der Waals surface area contributed by atoms with E-state index in [1.165, 1.54) is 11.1 Å². The number of para-hydroxylation sites is 1. The predicted molar refractivity (Wildman–Crippen MR) is 124 cm³/mol. The fourth-order valence-corrected chi connectivity index (χ4v) is 3.27. The van der Waals surface area contributed by atoms with Gasteiger partial charge in [0.25, 0.3) is 0 Å². The first-order valence-electron chi connectivity index (χ1n) is 9.85. The Morgan fingerprint density at radius 1 is 0.621 bits per heavy atom. The first-order valence-corrected chi connectivity index (χ1v) is 9.85. The second-order valence-corrected chi connectivity index (χ2v) is 7.05. The van der Waals surface area contributed by atoms with E-state index in [-0.39, 0.29) is 0 Å². The summed E-state index contributed by atoms with van der Waals surface area (Å²) in [5.74, 6) is 0. The lowest BCUT2D eigenvalue weighted by atomic mass is 10.1. The fraction of sp³-hybridized carbons (Fsp3) is 0.0741. The van der Waals surface area contributed by atoms with Gasteiger partial charge in [0.1, 0.15) is 0 Å². The largest absolute Gasteiger partial charge is 0.311 e. The van der Waals surface area contributed by atoms with Crippen molar-refractivity contribution in [3.8, 4) is 0 Å². The molecular formula is C27H24N2. The molecule has 0 aromatic heterocycles. The van der Waals surface area contributed by atoms with Crippen LogP contribution in [0.3, 0.4) is 0 Å². The van der Waals surface area contributed by atoms with Crippen molar-refractivity contribution in [2.24, 2.45) is 4.99 Å². The van der Waals surface area contributed by atoms with E-state index in [9.17, 15) is 0 Å². The van der Waals surface area contributed by atoms with Crippen molar-refractivity contribution in [1.82, 2.24) is 0 Å². The summed E-state index contributed by atoms with van der Waals surface area (Å²) in [5, 5.41) is 0. The molecule has 0 saturated carbocycles. The van der Waals surface area contributed by atoms with Crippen LogP contribution in [0.1, 0.15) is 16.7 Å². The Morgan fingerprint density at radius 2 is 1.14 bits per heavy atom. The van der Waals surface area contributed by atoms with E-state index in [2.05, 4.69) is 102 Å². The Bertz CT molecular complexity index is 1050. The van der Waals surface area contributed by atoms with Crippen LogP contribution in [0.25, 0.3) is 0 Å². The third-order valence-corrected chi connectivity index (χ3v) is 4.81. The molecule has 0 N–H and O–H groups in total. The molecule has 0 radical (unpaired) electrons. The van der Waals surface area contributed by atoms with E-state index in [0.717, 1.165) is 22.6 Å². The zero-order chi connectivity index (χ0) is 19.9. The first kappa shape index (κ1) is 18.7. The molecule has 0 aliphatic rings. The molecule has 0 saturated heterocycles. The van der Waals surface area contributed by atoms with Gasteiger partial charge in [-0.25, -0.2) is 0 Å². The molecule has 0 amide bonds. The lowest BCUT2D eigenvalue weighted by molar-refractivity contribution is 1.08. The Morgan fingerprint density at radius 3 is 1.76 bits per heavy atom. The molecule has 2 heteroatoms. The van der Waals surface area contributed by atoms with E-state index < -0.39 is 0 Å². The van der Waals surface area contributed by atoms with Crippen LogP contribution in [0.5, 0.6) is 0 Å². The van der Waals surface area contributed by atoms with Gasteiger partial charge in [-0.2, -0.15) is 0 Å². The molecule has 0 unspecified atom stereocenters. The lowest BCUT2D eigenvalue weighted by Gasteiger charge is -2.25. The Kier molecular flexibility index (Phi) is 5.82. The van der Waals surface area contributed by atoms with Gasteiger partial charge in [-0.15, -0.1) is 0 Å². The second kappa shape index (κ2) is 9.03. The van der Waals surface area contributed by atoms with Crippen molar-refractivity contribution in [2.45, 2.75) is 13.5 Å².